The zero-order chi connectivity index (χ0) is 27.2. The van der Waals surface area contributed by atoms with E-state index in [9.17, 15) is 27.2 Å². The molecule has 0 radical (unpaired) electrons. The average molecular weight is 519 g/mol. The van der Waals surface area contributed by atoms with Gasteiger partial charge in [-0.1, -0.05) is 24.3 Å². The summed E-state index contributed by atoms with van der Waals surface area (Å²) in [6.45, 7) is 1.84. The molecule has 6 nitrogen and oxygen atoms in total. The fourth-order valence-corrected chi connectivity index (χ4v) is 3.84. The second-order valence-electron chi connectivity index (χ2n) is 8.27. The number of benzene rings is 3. The summed E-state index contributed by atoms with van der Waals surface area (Å²) in [5, 5.41) is 11.9. The van der Waals surface area contributed by atoms with Crippen molar-refractivity contribution in [3.05, 3.63) is 88.7 Å². The fraction of sp³-hybridized carbons (Fsp3) is 0.259. The van der Waals surface area contributed by atoms with E-state index >= 15 is 0 Å². The van der Waals surface area contributed by atoms with Crippen molar-refractivity contribution in [3.8, 4) is 16.9 Å². The summed E-state index contributed by atoms with van der Waals surface area (Å²) >= 11 is 0. The first-order chi connectivity index (χ1) is 17.5. The molecule has 0 aliphatic rings. The molecule has 0 saturated carbocycles. The Labute approximate surface area is 211 Å². The third kappa shape index (κ3) is 7.22. The maximum absolute atomic E-state index is 13.6. The van der Waals surface area contributed by atoms with Crippen LogP contribution in [-0.2, 0) is 30.5 Å². The largest absolute Gasteiger partial charge is 0.496 e. The number of hydrogen-bond acceptors (Lipinski definition) is 3. The summed E-state index contributed by atoms with van der Waals surface area (Å²) in [5.41, 5.74) is 1.22. The van der Waals surface area contributed by atoms with Crippen molar-refractivity contribution < 1.29 is 37.0 Å². The molecule has 0 aliphatic heterocycles. The predicted octanol–water partition coefficient (Wildman–Crippen LogP) is 5.88. The van der Waals surface area contributed by atoms with Crippen LogP contribution in [0.5, 0.6) is 5.75 Å². The van der Waals surface area contributed by atoms with Gasteiger partial charge in [0.05, 0.1) is 19.1 Å². The van der Waals surface area contributed by atoms with E-state index in [0.29, 0.717) is 28.0 Å². The Balaban J connectivity index is 1.97. The van der Waals surface area contributed by atoms with E-state index in [1.54, 1.807) is 25.1 Å². The number of rotatable bonds is 9. The van der Waals surface area contributed by atoms with Gasteiger partial charge < -0.3 is 20.1 Å². The van der Waals surface area contributed by atoms with Crippen LogP contribution in [0.1, 0.15) is 29.2 Å². The number of carbonyl (C=O) groups is 2. The molecule has 0 spiro atoms. The van der Waals surface area contributed by atoms with Crippen LogP contribution < -0.4 is 10.1 Å². The van der Waals surface area contributed by atoms with Crippen LogP contribution in [0.2, 0.25) is 0 Å². The standard InChI is InChI=1S/C27H26F4N2O4/c1-3-33(26(36)32-15-17-4-8-21(28)9-5-17)16-19-14-20(27(29,30)31)7-10-22(19)23-12-18(13-25(34)35)6-11-24(23)37-2/h4-12,14H,3,13,15-16H2,1-2H3,(H,32,36)(H,34,35). The summed E-state index contributed by atoms with van der Waals surface area (Å²) in [7, 11) is 1.40. The third-order valence-corrected chi connectivity index (χ3v) is 5.73. The first kappa shape index (κ1) is 27.5. The SMILES string of the molecule is CCN(Cc1cc(C(F)(F)F)ccc1-c1cc(CC(=O)O)ccc1OC)C(=O)NCc1ccc(F)cc1. The van der Waals surface area contributed by atoms with Crippen molar-refractivity contribution in [2.45, 2.75) is 32.6 Å². The number of carboxylic acids is 1. The zero-order valence-electron chi connectivity index (χ0n) is 20.2. The molecule has 0 fully saturated rings. The highest BCUT2D eigenvalue weighted by Crippen LogP contribution is 2.38. The molecule has 37 heavy (non-hydrogen) atoms. The molecule has 2 amide bonds. The molecular weight excluding hydrogens is 492 g/mol. The summed E-state index contributed by atoms with van der Waals surface area (Å²) < 4.78 is 59.2. The van der Waals surface area contributed by atoms with Crippen molar-refractivity contribution in [3.63, 3.8) is 0 Å². The van der Waals surface area contributed by atoms with Crippen LogP contribution >= 0.6 is 0 Å². The molecule has 0 saturated heterocycles. The summed E-state index contributed by atoms with van der Waals surface area (Å²) in [4.78, 5) is 25.4. The fourth-order valence-electron chi connectivity index (χ4n) is 3.84. The smallest absolute Gasteiger partial charge is 0.416 e. The van der Waals surface area contributed by atoms with Gasteiger partial charge in [-0.3, -0.25) is 4.79 Å². The Hall–Kier alpha value is -4.08. The van der Waals surface area contributed by atoms with Gasteiger partial charge in [-0.2, -0.15) is 13.2 Å². The zero-order valence-corrected chi connectivity index (χ0v) is 20.2. The number of ether oxygens (including phenoxy) is 1. The molecule has 3 aromatic rings. The van der Waals surface area contributed by atoms with Gasteiger partial charge in [-0.25, -0.2) is 9.18 Å². The number of alkyl halides is 3. The van der Waals surface area contributed by atoms with Gasteiger partial charge in [0.1, 0.15) is 11.6 Å². The quantitative estimate of drug-likeness (QED) is 0.347. The number of carbonyl (C=O) groups excluding carboxylic acids is 1. The molecule has 0 aromatic heterocycles. The Morgan fingerprint density at radius 2 is 1.65 bits per heavy atom. The van der Waals surface area contributed by atoms with Crippen LogP contribution in [0.15, 0.2) is 60.7 Å². The number of nitrogens with zero attached hydrogens (tertiary/aromatic N) is 1. The van der Waals surface area contributed by atoms with Crippen molar-refractivity contribution >= 4 is 12.0 Å². The highest BCUT2D eigenvalue weighted by atomic mass is 19.4. The molecule has 0 unspecified atom stereocenters. The number of urea groups is 1. The number of methoxy groups -OCH3 is 1. The van der Waals surface area contributed by atoms with Crippen molar-refractivity contribution in [2.75, 3.05) is 13.7 Å². The predicted molar refractivity (Wildman–Crippen MR) is 129 cm³/mol. The molecule has 3 aromatic carbocycles. The van der Waals surface area contributed by atoms with Crippen LogP contribution in [0.25, 0.3) is 11.1 Å². The molecule has 2 N–H and O–H groups in total. The number of carboxylic acid groups (broad SMARTS) is 1. The number of nitrogens with one attached hydrogen (secondary N) is 1. The van der Waals surface area contributed by atoms with Gasteiger partial charge in [0, 0.05) is 25.2 Å². The lowest BCUT2D eigenvalue weighted by Gasteiger charge is -2.24. The minimum atomic E-state index is -4.61. The average Bonchev–Trinajstić information content (AvgIpc) is 2.85. The molecule has 10 heteroatoms. The van der Waals surface area contributed by atoms with E-state index in [0.717, 1.165) is 12.1 Å². The van der Waals surface area contributed by atoms with Gasteiger partial charge in [0.25, 0.3) is 0 Å². The van der Waals surface area contributed by atoms with E-state index < -0.39 is 29.6 Å². The van der Waals surface area contributed by atoms with Gasteiger partial charge in [0.2, 0.25) is 0 Å². The van der Waals surface area contributed by atoms with Gasteiger partial charge in [0.15, 0.2) is 0 Å². The van der Waals surface area contributed by atoms with E-state index in [1.165, 1.54) is 42.3 Å². The van der Waals surface area contributed by atoms with E-state index in [1.807, 2.05) is 0 Å². The van der Waals surface area contributed by atoms with E-state index in [2.05, 4.69) is 5.32 Å². The van der Waals surface area contributed by atoms with Crippen LogP contribution in [0.4, 0.5) is 22.4 Å². The Bertz CT molecular complexity index is 1260. The van der Waals surface area contributed by atoms with Gasteiger partial charge in [-0.05, 0) is 65.6 Å². The summed E-state index contributed by atoms with van der Waals surface area (Å²) in [6, 6.07) is 13.0. The van der Waals surface area contributed by atoms with Gasteiger partial charge >= 0.3 is 18.2 Å². The number of aliphatic carboxylic acids is 1. The third-order valence-electron chi connectivity index (χ3n) is 5.73. The first-order valence-electron chi connectivity index (χ1n) is 11.4. The number of amides is 2. The minimum Gasteiger partial charge on any atom is -0.496 e. The van der Waals surface area contributed by atoms with Crippen molar-refractivity contribution in [1.82, 2.24) is 10.2 Å². The summed E-state index contributed by atoms with van der Waals surface area (Å²) in [6.07, 6.45) is -4.88. The number of halogens is 4. The topological polar surface area (TPSA) is 78.9 Å². The lowest BCUT2D eigenvalue weighted by molar-refractivity contribution is -0.138. The maximum Gasteiger partial charge on any atom is 0.416 e. The molecule has 0 heterocycles. The number of hydrogen-bond donors (Lipinski definition) is 2. The monoisotopic (exact) mass is 518 g/mol. The molecule has 0 aliphatic carbocycles. The minimum absolute atomic E-state index is 0.107. The molecule has 0 bridgehead atoms. The lowest BCUT2D eigenvalue weighted by atomic mass is 9.94. The van der Waals surface area contributed by atoms with Crippen molar-refractivity contribution in [2.24, 2.45) is 0 Å². The maximum atomic E-state index is 13.6. The highest BCUT2D eigenvalue weighted by Gasteiger charge is 2.31. The molecule has 0 atom stereocenters. The Kier molecular flexibility index (Phi) is 8.75. The van der Waals surface area contributed by atoms with Crippen LogP contribution in [0.3, 0.4) is 0 Å². The van der Waals surface area contributed by atoms with E-state index in [4.69, 9.17) is 9.84 Å². The van der Waals surface area contributed by atoms with E-state index in [-0.39, 0.29) is 31.6 Å². The molecule has 196 valence electrons. The molecule has 3 rings (SSSR count). The first-order valence-corrected chi connectivity index (χ1v) is 11.4. The lowest BCUT2D eigenvalue weighted by Crippen LogP contribution is -2.39. The van der Waals surface area contributed by atoms with Gasteiger partial charge in [-0.15, -0.1) is 0 Å². The second kappa shape index (κ2) is 11.8. The summed E-state index contributed by atoms with van der Waals surface area (Å²) in [5.74, 6) is -1.12. The highest BCUT2D eigenvalue weighted by molar-refractivity contribution is 5.78. The van der Waals surface area contributed by atoms with Crippen molar-refractivity contribution in [1.29, 1.82) is 0 Å². The Morgan fingerprint density at radius 1 is 0.973 bits per heavy atom. The van der Waals surface area contributed by atoms with Crippen LogP contribution in [-0.4, -0.2) is 35.7 Å². The molecular formula is C27H26F4N2O4. The Morgan fingerprint density at radius 3 is 2.24 bits per heavy atom. The second-order valence-corrected chi connectivity index (χ2v) is 8.27. The normalized spacial score (nSPS) is 11.2. The van der Waals surface area contributed by atoms with Crippen LogP contribution in [0, 0.1) is 5.82 Å².